The average molecular weight is 726 g/mol. The van der Waals surface area contributed by atoms with Crippen LogP contribution in [0.3, 0.4) is 0 Å². The highest BCUT2D eigenvalue weighted by molar-refractivity contribution is 6.01. The third kappa shape index (κ3) is 7.46. The highest BCUT2D eigenvalue weighted by Crippen LogP contribution is 2.71. The van der Waals surface area contributed by atoms with E-state index in [1.807, 2.05) is 0 Å². The van der Waals surface area contributed by atoms with Crippen LogP contribution >= 0.6 is 0 Å². The van der Waals surface area contributed by atoms with Gasteiger partial charge in [-0.3, -0.25) is 24.0 Å². The van der Waals surface area contributed by atoms with Crippen LogP contribution in [0.25, 0.3) is 0 Å². The molecule has 0 aromatic carbocycles. The fourth-order valence-corrected chi connectivity index (χ4v) is 9.07. The fourth-order valence-electron chi connectivity index (χ4n) is 9.07. The Morgan fingerprint density at radius 2 is 1.67 bits per heavy atom. The van der Waals surface area contributed by atoms with Gasteiger partial charge in [0, 0.05) is 42.1 Å². The third-order valence-corrected chi connectivity index (χ3v) is 11.4. The molecule has 0 heterocycles. The smallest absolute Gasteiger partial charge is 0.308 e. The van der Waals surface area contributed by atoms with Crippen molar-refractivity contribution in [3.8, 4) is 0 Å². The monoisotopic (exact) mass is 725 g/mol. The van der Waals surface area contributed by atoms with Crippen molar-refractivity contribution < 1.29 is 62.8 Å². The summed E-state index contributed by atoms with van der Waals surface area (Å²) in [7, 11) is 0. The van der Waals surface area contributed by atoms with Crippen molar-refractivity contribution in [3.05, 3.63) is 44.0 Å². The van der Waals surface area contributed by atoms with Crippen molar-refractivity contribution in [1.82, 2.24) is 5.32 Å². The van der Waals surface area contributed by atoms with Gasteiger partial charge in [-0.15, -0.1) is 20.2 Å². The number of esters is 2. The Bertz CT molecular complexity index is 1500. The first kappa shape index (κ1) is 39.3. The lowest BCUT2D eigenvalue weighted by Crippen LogP contribution is -2.70. The molecule has 51 heavy (non-hydrogen) atoms. The topological polar surface area (TPSA) is 241 Å². The maximum Gasteiger partial charge on any atom is 0.308 e. The Labute approximate surface area is 292 Å². The second-order valence-corrected chi connectivity index (χ2v) is 14.1. The molecule has 8 atom stereocenters. The summed E-state index contributed by atoms with van der Waals surface area (Å²) in [5.41, 5.74) is -6.29. The maximum atomic E-state index is 17.7. The highest BCUT2D eigenvalue weighted by atomic mass is 19.1. The van der Waals surface area contributed by atoms with E-state index in [9.17, 15) is 49.3 Å². The summed E-state index contributed by atoms with van der Waals surface area (Å²) in [6, 6.07) is 0. The minimum atomic E-state index is -2.22. The first-order chi connectivity index (χ1) is 23.9. The normalized spacial score (nSPS) is 33.4. The molecule has 4 rings (SSSR count). The summed E-state index contributed by atoms with van der Waals surface area (Å²) in [6.45, 7) is 3.29. The zero-order chi connectivity index (χ0) is 37.8. The molecule has 2 unspecified atom stereocenters. The van der Waals surface area contributed by atoms with E-state index in [1.165, 1.54) is 18.2 Å². The number of halogens is 1. The van der Waals surface area contributed by atoms with Crippen LogP contribution in [0.2, 0.25) is 0 Å². The number of alkyl halides is 1. The Hall–Kier alpha value is -4.48. The fraction of sp³-hybridized carbons (Fsp3) is 0.727. The maximum absolute atomic E-state index is 17.7. The largest absolute Gasteiger partial charge is 0.457 e. The molecule has 18 heteroatoms. The third-order valence-electron chi connectivity index (χ3n) is 11.4. The Morgan fingerprint density at radius 3 is 2.31 bits per heavy atom. The number of carbonyl (C=O) groups is 5. The van der Waals surface area contributed by atoms with Crippen LogP contribution in [0.1, 0.15) is 78.6 Å². The Kier molecular flexibility index (Phi) is 11.9. The number of Topliss-reactive ketones (excluding diaryl/α,β-unsaturated/α-hetero) is 1. The van der Waals surface area contributed by atoms with E-state index in [0.717, 1.165) is 0 Å². The molecule has 0 aromatic rings. The number of ketones is 2. The molecule has 0 bridgehead atoms. The molecule has 0 aromatic heterocycles. The number of ether oxygens (including phenoxy) is 2. The number of carbonyl (C=O) groups excluding carboxylic acids is 5. The quantitative estimate of drug-likeness (QED) is 0.0948. The minimum Gasteiger partial charge on any atom is -0.457 e. The van der Waals surface area contributed by atoms with Crippen molar-refractivity contribution in [1.29, 1.82) is 0 Å². The molecule has 3 saturated carbocycles. The van der Waals surface area contributed by atoms with Gasteiger partial charge in [0.1, 0.15) is 0 Å². The van der Waals surface area contributed by atoms with Crippen molar-refractivity contribution in [2.24, 2.45) is 28.6 Å². The lowest BCUT2D eigenvalue weighted by Gasteiger charge is -2.62. The van der Waals surface area contributed by atoms with Gasteiger partial charge >= 0.3 is 11.9 Å². The molecule has 3 fully saturated rings. The molecule has 0 spiro atoms. The van der Waals surface area contributed by atoms with Crippen LogP contribution in [0.15, 0.2) is 23.8 Å². The molecule has 4 aliphatic rings. The zero-order valence-electron chi connectivity index (χ0n) is 28.8. The van der Waals surface area contributed by atoms with Gasteiger partial charge < -0.3 is 29.6 Å². The first-order valence-electron chi connectivity index (χ1n) is 17.0. The summed E-state index contributed by atoms with van der Waals surface area (Å²) in [5.74, 6) is -5.45. The predicted octanol–water partition coefficient (Wildman–Crippen LogP) is 2.48. The minimum absolute atomic E-state index is 0.0693. The summed E-state index contributed by atoms with van der Waals surface area (Å²) in [6.07, 6.45) is 2.23. The molecule has 4 aliphatic carbocycles. The SMILES string of the molecule is C[C@H]1CC2C3CCC4=CC(=O)C=C[C@]4(C)[C@@]3(F)[C@@H](O)C[C@]2(C)[C@@]1(OC(=O)CCCO[N+](=O)[O-])C(=O)COC(=O)CCNC(=O)CCCO[N+](=O)[O-]. The number of amides is 1. The van der Waals surface area contributed by atoms with Crippen LogP contribution < -0.4 is 5.32 Å². The van der Waals surface area contributed by atoms with E-state index in [1.54, 1.807) is 20.8 Å². The average Bonchev–Trinajstić information content (AvgIpc) is 3.27. The van der Waals surface area contributed by atoms with E-state index >= 15 is 4.39 Å². The molecule has 17 nitrogen and oxygen atoms in total. The van der Waals surface area contributed by atoms with Crippen molar-refractivity contribution >= 4 is 29.4 Å². The van der Waals surface area contributed by atoms with Gasteiger partial charge in [0.25, 0.3) is 10.2 Å². The van der Waals surface area contributed by atoms with Gasteiger partial charge in [-0.05, 0) is 63.5 Å². The molecular weight excluding hydrogens is 681 g/mol. The Morgan fingerprint density at radius 1 is 1.02 bits per heavy atom. The predicted molar refractivity (Wildman–Crippen MR) is 170 cm³/mol. The lowest BCUT2D eigenvalue weighted by molar-refractivity contribution is -0.757. The van der Waals surface area contributed by atoms with Crippen LogP contribution in [0.4, 0.5) is 4.39 Å². The number of fused-ring (bicyclic) bond motifs is 5. The number of nitrogens with one attached hydrogen (secondary N) is 1. The number of hydrogen-bond donors (Lipinski definition) is 2. The molecule has 282 valence electrons. The van der Waals surface area contributed by atoms with Gasteiger partial charge in [-0.1, -0.05) is 25.5 Å². The summed E-state index contributed by atoms with van der Waals surface area (Å²) < 4.78 is 29.0. The Balaban J connectivity index is 1.53. The lowest BCUT2D eigenvalue weighted by atomic mass is 9.44. The molecule has 0 aliphatic heterocycles. The van der Waals surface area contributed by atoms with Gasteiger partial charge in [-0.25, -0.2) is 4.39 Å². The van der Waals surface area contributed by atoms with Crippen LogP contribution in [-0.4, -0.2) is 88.4 Å². The zero-order valence-corrected chi connectivity index (χ0v) is 28.8. The standard InChI is InChI=1S/C33H44FN3O14/c1-20-16-24-23-9-8-21-17-22(38)10-12-30(21,2)32(23,34)25(39)18-31(24,3)33(20,51-29(43)7-5-15-50-37(46)47)26(40)19-48-28(42)11-13-35-27(41)6-4-14-49-36(44)45/h10,12,17,20,23-25,39H,4-9,11,13-16,18-19H2,1-3H3,(H,35,41)/t20-,23?,24?,25-,30-,31-,32-,33-/m0/s1. The van der Waals surface area contributed by atoms with Gasteiger partial charge in [0.2, 0.25) is 11.7 Å². The number of hydrogen-bond acceptors (Lipinski definition) is 14. The van der Waals surface area contributed by atoms with E-state index in [0.29, 0.717) is 12.0 Å². The molecule has 0 radical (unpaired) electrons. The van der Waals surface area contributed by atoms with Gasteiger partial charge in [0.15, 0.2) is 23.7 Å². The molecule has 0 saturated heterocycles. The van der Waals surface area contributed by atoms with E-state index in [2.05, 4.69) is 15.0 Å². The second-order valence-electron chi connectivity index (χ2n) is 14.1. The molecule has 2 N–H and O–H groups in total. The van der Waals surface area contributed by atoms with E-state index in [4.69, 9.17) is 9.47 Å². The number of aliphatic hydroxyl groups excluding tert-OH is 1. The summed E-state index contributed by atoms with van der Waals surface area (Å²) in [4.78, 5) is 93.6. The number of aliphatic hydroxyl groups is 1. The van der Waals surface area contributed by atoms with E-state index in [-0.39, 0.29) is 70.3 Å². The van der Waals surface area contributed by atoms with Crippen molar-refractivity contribution in [2.75, 3.05) is 26.4 Å². The second kappa shape index (κ2) is 15.4. The van der Waals surface area contributed by atoms with Crippen molar-refractivity contribution in [2.45, 2.75) is 95.9 Å². The van der Waals surface area contributed by atoms with Gasteiger partial charge in [-0.2, -0.15) is 0 Å². The summed E-state index contributed by atoms with van der Waals surface area (Å²) >= 11 is 0. The van der Waals surface area contributed by atoms with Crippen molar-refractivity contribution in [3.63, 3.8) is 0 Å². The number of rotatable bonds is 17. The van der Waals surface area contributed by atoms with Crippen LogP contribution in [0.5, 0.6) is 0 Å². The van der Waals surface area contributed by atoms with Crippen LogP contribution in [0, 0.1) is 48.8 Å². The molecular formula is C33H44FN3O14. The van der Waals surface area contributed by atoms with Gasteiger partial charge in [0.05, 0.1) is 25.7 Å². The molecule has 1 amide bonds. The first-order valence-corrected chi connectivity index (χ1v) is 17.0. The summed E-state index contributed by atoms with van der Waals surface area (Å²) in [5, 5.41) is 33.0. The highest BCUT2D eigenvalue weighted by Gasteiger charge is 2.77. The number of allylic oxidation sites excluding steroid dienone is 4. The van der Waals surface area contributed by atoms with E-state index < -0.39 is 93.0 Å². The van der Waals surface area contributed by atoms with Crippen LogP contribution in [-0.2, 0) is 43.1 Å². The number of nitrogens with zero attached hydrogens (tertiary/aromatic N) is 2.